The molecule has 1 aliphatic heterocycles. The molecular formula is C11H21NO3. The smallest absolute Gasteiger partial charge is 0.303 e. The van der Waals surface area contributed by atoms with Crippen molar-refractivity contribution in [3.8, 4) is 0 Å². The van der Waals surface area contributed by atoms with Gasteiger partial charge in [-0.15, -0.1) is 0 Å². The number of hydrogen-bond donors (Lipinski definition) is 2. The highest BCUT2D eigenvalue weighted by molar-refractivity contribution is 5.66. The van der Waals surface area contributed by atoms with Crippen molar-refractivity contribution in [1.29, 1.82) is 0 Å². The molecule has 2 N–H and O–H groups in total. The molecule has 0 aliphatic carbocycles. The van der Waals surface area contributed by atoms with E-state index in [-0.39, 0.29) is 12.5 Å². The van der Waals surface area contributed by atoms with Gasteiger partial charge in [-0.3, -0.25) is 4.79 Å². The molecule has 0 amide bonds. The van der Waals surface area contributed by atoms with E-state index in [0.29, 0.717) is 12.5 Å². The van der Waals surface area contributed by atoms with Gasteiger partial charge < -0.3 is 15.2 Å². The van der Waals surface area contributed by atoms with Crippen LogP contribution in [0.5, 0.6) is 0 Å². The Morgan fingerprint density at radius 3 is 3.07 bits per heavy atom. The van der Waals surface area contributed by atoms with Gasteiger partial charge in [-0.2, -0.15) is 0 Å². The lowest BCUT2D eigenvalue weighted by Crippen LogP contribution is -2.29. The van der Waals surface area contributed by atoms with Crippen LogP contribution in [0.3, 0.4) is 0 Å². The largest absolute Gasteiger partial charge is 0.481 e. The van der Waals surface area contributed by atoms with Crippen LogP contribution in [0.25, 0.3) is 0 Å². The fraction of sp³-hybridized carbons (Fsp3) is 0.909. The van der Waals surface area contributed by atoms with Crippen LogP contribution in [-0.2, 0) is 9.53 Å². The van der Waals surface area contributed by atoms with E-state index in [1.165, 1.54) is 12.8 Å². The first-order chi connectivity index (χ1) is 7.18. The van der Waals surface area contributed by atoms with Gasteiger partial charge in [0.25, 0.3) is 0 Å². The molecule has 2 unspecified atom stereocenters. The molecule has 0 aromatic carbocycles. The zero-order chi connectivity index (χ0) is 11.1. The van der Waals surface area contributed by atoms with Crippen LogP contribution in [0.4, 0.5) is 0 Å². The number of ether oxygens (including phenoxy) is 1. The average Bonchev–Trinajstić information content (AvgIpc) is 2.67. The van der Waals surface area contributed by atoms with Crippen LogP contribution in [0.1, 0.15) is 39.0 Å². The topological polar surface area (TPSA) is 58.6 Å². The molecule has 4 heteroatoms. The van der Waals surface area contributed by atoms with Gasteiger partial charge in [0, 0.05) is 19.1 Å². The second-order valence-electron chi connectivity index (χ2n) is 4.21. The summed E-state index contributed by atoms with van der Waals surface area (Å²) in [4.78, 5) is 10.3. The van der Waals surface area contributed by atoms with Crippen molar-refractivity contribution >= 4 is 5.97 Å². The van der Waals surface area contributed by atoms with Crippen molar-refractivity contribution in [2.24, 2.45) is 0 Å². The van der Waals surface area contributed by atoms with Crippen molar-refractivity contribution in [3.05, 3.63) is 0 Å². The Balaban J connectivity index is 1.96. The Bertz CT molecular complexity index is 190. The zero-order valence-corrected chi connectivity index (χ0v) is 9.37. The molecule has 4 nitrogen and oxygen atoms in total. The van der Waals surface area contributed by atoms with Crippen LogP contribution in [0.2, 0.25) is 0 Å². The molecule has 1 fully saturated rings. The maximum Gasteiger partial charge on any atom is 0.303 e. The predicted octanol–water partition coefficient (Wildman–Crippen LogP) is 1.40. The minimum absolute atomic E-state index is 0.244. The summed E-state index contributed by atoms with van der Waals surface area (Å²) in [6, 6.07) is 0.280. The molecule has 15 heavy (non-hydrogen) atoms. The first-order valence-corrected chi connectivity index (χ1v) is 5.75. The summed E-state index contributed by atoms with van der Waals surface area (Å²) >= 11 is 0. The maximum absolute atomic E-state index is 10.3. The zero-order valence-electron chi connectivity index (χ0n) is 9.37. The Hall–Kier alpha value is -0.610. The van der Waals surface area contributed by atoms with Crippen molar-refractivity contribution in [2.75, 3.05) is 13.2 Å². The highest BCUT2D eigenvalue weighted by atomic mass is 16.5. The van der Waals surface area contributed by atoms with Crippen LogP contribution >= 0.6 is 0 Å². The van der Waals surface area contributed by atoms with Gasteiger partial charge in [0.1, 0.15) is 0 Å². The Labute approximate surface area is 91.0 Å². The monoisotopic (exact) mass is 215 g/mol. The van der Waals surface area contributed by atoms with E-state index in [2.05, 4.69) is 5.32 Å². The Kier molecular flexibility index (Phi) is 5.65. The second kappa shape index (κ2) is 6.80. The van der Waals surface area contributed by atoms with Gasteiger partial charge in [0.2, 0.25) is 0 Å². The number of carboxylic acid groups (broad SMARTS) is 1. The van der Waals surface area contributed by atoms with E-state index in [9.17, 15) is 4.79 Å². The molecule has 1 saturated heterocycles. The number of carboxylic acids is 1. The molecule has 0 aromatic heterocycles. The molecule has 0 saturated carbocycles. The fourth-order valence-corrected chi connectivity index (χ4v) is 1.80. The minimum Gasteiger partial charge on any atom is -0.481 e. The summed E-state index contributed by atoms with van der Waals surface area (Å²) in [7, 11) is 0. The fourth-order valence-electron chi connectivity index (χ4n) is 1.80. The summed E-state index contributed by atoms with van der Waals surface area (Å²) in [6.07, 6.45) is 4.75. The molecule has 1 aliphatic rings. The predicted molar refractivity (Wildman–Crippen MR) is 57.9 cm³/mol. The van der Waals surface area contributed by atoms with Crippen molar-refractivity contribution in [3.63, 3.8) is 0 Å². The molecule has 0 bridgehead atoms. The highest BCUT2D eigenvalue weighted by Crippen LogP contribution is 2.14. The minimum atomic E-state index is -0.720. The Morgan fingerprint density at radius 2 is 2.47 bits per heavy atom. The lowest BCUT2D eigenvalue weighted by molar-refractivity contribution is -0.137. The summed E-state index contributed by atoms with van der Waals surface area (Å²) in [6.45, 7) is 3.85. The summed E-state index contributed by atoms with van der Waals surface area (Å²) in [5.41, 5.74) is 0. The molecule has 0 radical (unpaired) electrons. The highest BCUT2D eigenvalue weighted by Gasteiger charge is 2.15. The maximum atomic E-state index is 10.3. The lowest BCUT2D eigenvalue weighted by Gasteiger charge is -2.14. The van der Waals surface area contributed by atoms with Crippen molar-refractivity contribution in [2.45, 2.75) is 51.2 Å². The third-order valence-electron chi connectivity index (χ3n) is 2.77. The van der Waals surface area contributed by atoms with E-state index < -0.39 is 5.97 Å². The standard InChI is InChI=1S/C11H21NO3/c1-9(4-5-11(13)14)12-7-6-10-3-2-8-15-10/h9-10,12H,2-8H2,1H3,(H,13,14). The van der Waals surface area contributed by atoms with Crippen LogP contribution in [0.15, 0.2) is 0 Å². The Morgan fingerprint density at radius 1 is 1.67 bits per heavy atom. The first kappa shape index (κ1) is 12.5. The van der Waals surface area contributed by atoms with Gasteiger partial charge in [0.15, 0.2) is 0 Å². The molecule has 0 spiro atoms. The summed E-state index contributed by atoms with van der Waals surface area (Å²) < 4.78 is 5.50. The molecule has 2 atom stereocenters. The van der Waals surface area contributed by atoms with E-state index in [0.717, 1.165) is 19.6 Å². The summed E-state index contributed by atoms with van der Waals surface area (Å²) in [5, 5.41) is 11.8. The number of nitrogens with one attached hydrogen (secondary N) is 1. The van der Waals surface area contributed by atoms with Gasteiger partial charge in [-0.25, -0.2) is 0 Å². The van der Waals surface area contributed by atoms with Gasteiger partial charge in [-0.1, -0.05) is 0 Å². The van der Waals surface area contributed by atoms with Crippen LogP contribution < -0.4 is 5.32 Å². The average molecular weight is 215 g/mol. The second-order valence-corrected chi connectivity index (χ2v) is 4.21. The van der Waals surface area contributed by atoms with Crippen molar-refractivity contribution in [1.82, 2.24) is 5.32 Å². The van der Waals surface area contributed by atoms with Crippen LogP contribution in [0, 0.1) is 0 Å². The molecular weight excluding hydrogens is 194 g/mol. The van der Waals surface area contributed by atoms with E-state index in [1.54, 1.807) is 0 Å². The SMILES string of the molecule is CC(CCC(=O)O)NCCC1CCCO1. The van der Waals surface area contributed by atoms with E-state index in [4.69, 9.17) is 9.84 Å². The number of carbonyl (C=O) groups is 1. The quantitative estimate of drug-likeness (QED) is 0.674. The number of rotatable bonds is 7. The van der Waals surface area contributed by atoms with E-state index in [1.807, 2.05) is 6.92 Å². The third kappa shape index (κ3) is 5.74. The number of aliphatic carboxylic acids is 1. The van der Waals surface area contributed by atoms with Gasteiger partial charge in [0.05, 0.1) is 6.10 Å². The summed E-state index contributed by atoms with van der Waals surface area (Å²) in [5.74, 6) is -0.720. The molecule has 1 rings (SSSR count). The van der Waals surface area contributed by atoms with Crippen molar-refractivity contribution < 1.29 is 14.6 Å². The van der Waals surface area contributed by atoms with Gasteiger partial charge in [-0.05, 0) is 39.2 Å². The molecule has 0 aromatic rings. The van der Waals surface area contributed by atoms with E-state index >= 15 is 0 Å². The third-order valence-corrected chi connectivity index (χ3v) is 2.77. The molecule has 1 heterocycles. The number of hydrogen-bond acceptors (Lipinski definition) is 3. The lowest BCUT2D eigenvalue weighted by atomic mass is 10.1. The van der Waals surface area contributed by atoms with Crippen LogP contribution in [-0.4, -0.2) is 36.4 Å². The molecule has 88 valence electrons. The first-order valence-electron chi connectivity index (χ1n) is 5.75. The van der Waals surface area contributed by atoms with Gasteiger partial charge >= 0.3 is 5.97 Å². The normalized spacial score (nSPS) is 22.9.